The van der Waals surface area contributed by atoms with E-state index in [9.17, 15) is 0 Å². The van der Waals surface area contributed by atoms with Gasteiger partial charge in [0.2, 0.25) is 0 Å². The molecule has 1 saturated carbocycles. The summed E-state index contributed by atoms with van der Waals surface area (Å²) in [6.07, 6.45) is 4.45. The fourth-order valence-electron chi connectivity index (χ4n) is 1.51. The highest BCUT2D eigenvalue weighted by Crippen LogP contribution is 2.34. The molecule has 3 nitrogen and oxygen atoms in total. The van der Waals surface area contributed by atoms with E-state index in [0.717, 1.165) is 5.13 Å². The molecule has 4 heteroatoms. The molecular formula is C9H15N3S. The Hall–Kier alpha value is -0.610. The van der Waals surface area contributed by atoms with E-state index < -0.39 is 0 Å². The molecule has 0 amide bonds. The van der Waals surface area contributed by atoms with Crippen molar-refractivity contribution < 1.29 is 0 Å². The van der Waals surface area contributed by atoms with E-state index >= 15 is 0 Å². The Kier molecular flexibility index (Phi) is 2.51. The highest BCUT2D eigenvalue weighted by Gasteiger charge is 2.33. The first-order valence-electron chi connectivity index (χ1n) is 4.71. The Bertz CT molecular complexity index is 256. The quantitative estimate of drug-likeness (QED) is 0.794. The van der Waals surface area contributed by atoms with Crippen LogP contribution < -0.4 is 10.6 Å². The maximum Gasteiger partial charge on any atom is 0.185 e. The summed E-state index contributed by atoms with van der Waals surface area (Å²) >= 11 is 1.70. The van der Waals surface area contributed by atoms with Crippen LogP contribution >= 0.6 is 11.3 Å². The van der Waals surface area contributed by atoms with Crippen molar-refractivity contribution in [1.29, 1.82) is 0 Å². The molecule has 72 valence electrons. The first-order valence-corrected chi connectivity index (χ1v) is 5.58. The number of nitrogens with zero attached hydrogens (tertiary/aromatic N) is 2. The summed E-state index contributed by atoms with van der Waals surface area (Å²) < 4.78 is 0. The summed E-state index contributed by atoms with van der Waals surface area (Å²) in [4.78, 5) is 6.70. The number of anilines is 1. The van der Waals surface area contributed by atoms with Crippen LogP contribution in [0.25, 0.3) is 0 Å². The zero-order chi connectivity index (χ0) is 9.26. The van der Waals surface area contributed by atoms with E-state index in [2.05, 4.69) is 16.8 Å². The lowest BCUT2D eigenvalue weighted by molar-refractivity contribution is 0.636. The molecule has 0 spiro atoms. The third-order valence-corrected chi connectivity index (χ3v) is 3.18. The van der Waals surface area contributed by atoms with E-state index in [0.29, 0.717) is 18.6 Å². The molecule has 13 heavy (non-hydrogen) atoms. The molecule has 0 aliphatic heterocycles. The summed E-state index contributed by atoms with van der Waals surface area (Å²) in [5.74, 6) is 0. The number of thiazole rings is 1. The van der Waals surface area contributed by atoms with Crippen molar-refractivity contribution in [2.75, 3.05) is 11.4 Å². The van der Waals surface area contributed by atoms with Gasteiger partial charge in [-0.15, -0.1) is 11.3 Å². The van der Waals surface area contributed by atoms with Crippen LogP contribution in [0.4, 0.5) is 5.13 Å². The average molecular weight is 197 g/mol. The van der Waals surface area contributed by atoms with Gasteiger partial charge >= 0.3 is 0 Å². The third kappa shape index (κ3) is 1.84. The maximum atomic E-state index is 5.68. The van der Waals surface area contributed by atoms with Crippen LogP contribution in [0.1, 0.15) is 19.8 Å². The molecule has 0 aromatic carbocycles. The van der Waals surface area contributed by atoms with Crippen LogP contribution in [-0.4, -0.2) is 23.6 Å². The van der Waals surface area contributed by atoms with Crippen molar-refractivity contribution in [3.8, 4) is 0 Å². The molecule has 1 aliphatic rings. The van der Waals surface area contributed by atoms with Crippen LogP contribution in [0.15, 0.2) is 11.6 Å². The molecule has 1 fully saturated rings. The van der Waals surface area contributed by atoms with E-state index in [-0.39, 0.29) is 0 Å². The van der Waals surface area contributed by atoms with Crippen molar-refractivity contribution in [1.82, 2.24) is 4.98 Å². The molecule has 1 aliphatic carbocycles. The largest absolute Gasteiger partial charge is 0.341 e. The maximum absolute atomic E-state index is 5.68. The molecule has 0 radical (unpaired) electrons. The number of nitrogens with two attached hydrogens (primary N) is 1. The zero-order valence-electron chi connectivity index (χ0n) is 7.81. The molecule has 1 aromatic heterocycles. The Morgan fingerprint density at radius 3 is 3.00 bits per heavy atom. The van der Waals surface area contributed by atoms with Gasteiger partial charge in [-0.2, -0.15) is 0 Å². The van der Waals surface area contributed by atoms with Crippen molar-refractivity contribution in [3.63, 3.8) is 0 Å². The molecular weight excluding hydrogens is 182 g/mol. The van der Waals surface area contributed by atoms with Gasteiger partial charge in [0.15, 0.2) is 5.13 Å². The minimum absolute atomic E-state index is 0.415. The SMILES string of the molecule is CC(CN)N(c1nccs1)C1CC1. The fraction of sp³-hybridized carbons (Fsp3) is 0.667. The predicted octanol–water partition coefficient (Wildman–Crippen LogP) is 1.46. The highest BCUT2D eigenvalue weighted by molar-refractivity contribution is 7.13. The summed E-state index contributed by atoms with van der Waals surface area (Å²) in [6.45, 7) is 2.87. The van der Waals surface area contributed by atoms with Crippen LogP contribution in [0.3, 0.4) is 0 Å². The van der Waals surface area contributed by atoms with Gasteiger partial charge in [0.1, 0.15) is 0 Å². The molecule has 2 N–H and O–H groups in total. The van der Waals surface area contributed by atoms with Gasteiger partial charge in [-0.1, -0.05) is 0 Å². The minimum Gasteiger partial charge on any atom is -0.341 e. The summed E-state index contributed by atoms with van der Waals surface area (Å²) in [5, 5.41) is 3.15. The van der Waals surface area contributed by atoms with E-state index in [1.165, 1.54) is 12.8 Å². The van der Waals surface area contributed by atoms with Gasteiger partial charge in [-0.25, -0.2) is 4.98 Å². The van der Waals surface area contributed by atoms with Crippen molar-refractivity contribution in [3.05, 3.63) is 11.6 Å². The second-order valence-corrected chi connectivity index (χ2v) is 4.41. The standard InChI is InChI=1S/C9H15N3S/c1-7(6-10)12(8-2-3-8)9-11-4-5-13-9/h4-5,7-8H,2-3,6,10H2,1H3. The summed E-state index contributed by atoms with van der Waals surface area (Å²) in [5.41, 5.74) is 5.68. The predicted molar refractivity (Wildman–Crippen MR) is 56.1 cm³/mol. The minimum atomic E-state index is 0.415. The highest BCUT2D eigenvalue weighted by atomic mass is 32.1. The first kappa shape index (κ1) is 8.97. The van der Waals surface area contributed by atoms with Gasteiger partial charge in [-0.3, -0.25) is 0 Å². The molecule has 0 bridgehead atoms. The Morgan fingerprint density at radius 2 is 2.54 bits per heavy atom. The lowest BCUT2D eigenvalue weighted by atomic mass is 10.3. The number of aromatic nitrogens is 1. The van der Waals surface area contributed by atoms with Gasteiger partial charge in [0.05, 0.1) is 0 Å². The van der Waals surface area contributed by atoms with Crippen LogP contribution in [0, 0.1) is 0 Å². The van der Waals surface area contributed by atoms with E-state index in [4.69, 9.17) is 5.73 Å². The molecule has 1 aromatic rings. The van der Waals surface area contributed by atoms with Gasteiger partial charge in [0.25, 0.3) is 0 Å². The Labute approximate surface area is 82.6 Å². The van der Waals surface area contributed by atoms with Gasteiger partial charge in [0, 0.05) is 30.2 Å². The lowest BCUT2D eigenvalue weighted by Gasteiger charge is -2.27. The van der Waals surface area contributed by atoms with Gasteiger partial charge < -0.3 is 10.6 Å². The van der Waals surface area contributed by atoms with Gasteiger partial charge in [-0.05, 0) is 19.8 Å². The first-order chi connectivity index (χ1) is 6.33. The number of hydrogen-bond acceptors (Lipinski definition) is 4. The van der Waals surface area contributed by atoms with E-state index in [1.54, 1.807) is 11.3 Å². The van der Waals surface area contributed by atoms with Crippen molar-refractivity contribution >= 4 is 16.5 Å². The zero-order valence-corrected chi connectivity index (χ0v) is 8.63. The fourth-order valence-corrected chi connectivity index (χ4v) is 2.33. The van der Waals surface area contributed by atoms with Crippen molar-refractivity contribution in [2.24, 2.45) is 5.73 Å². The average Bonchev–Trinajstić information content (AvgIpc) is 2.81. The third-order valence-electron chi connectivity index (χ3n) is 2.40. The molecule has 1 atom stereocenters. The Morgan fingerprint density at radius 1 is 1.77 bits per heavy atom. The van der Waals surface area contributed by atoms with E-state index in [1.807, 2.05) is 11.6 Å². The van der Waals surface area contributed by atoms with Crippen LogP contribution in [0.5, 0.6) is 0 Å². The smallest absolute Gasteiger partial charge is 0.185 e. The molecule has 1 unspecified atom stereocenters. The topological polar surface area (TPSA) is 42.1 Å². The summed E-state index contributed by atoms with van der Waals surface area (Å²) in [6, 6.07) is 1.11. The second kappa shape index (κ2) is 3.64. The second-order valence-electron chi connectivity index (χ2n) is 3.54. The van der Waals surface area contributed by atoms with Crippen LogP contribution in [0.2, 0.25) is 0 Å². The number of rotatable bonds is 4. The normalized spacial score (nSPS) is 18.6. The molecule has 0 saturated heterocycles. The Balaban J connectivity index is 2.13. The molecule has 1 heterocycles. The van der Waals surface area contributed by atoms with Crippen molar-refractivity contribution in [2.45, 2.75) is 31.8 Å². The summed E-state index contributed by atoms with van der Waals surface area (Å²) in [7, 11) is 0. The number of hydrogen-bond donors (Lipinski definition) is 1. The lowest BCUT2D eigenvalue weighted by Crippen LogP contribution is -2.40. The van der Waals surface area contributed by atoms with Crippen LogP contribution in [-0.2, 0) is 0 Å². The molecule has 2 rings (SSSR count). The monoisotopic (exact) mass is 197 g/mol.